The van der Waals surface area contributed by atoms with Crippen LogP contribution in [0, 0.1) is 5.92 Å². The lowest BCUT2D eigenvalue weighted by Gasteiger charge is -2.18. The van der Waals surface area contributed by atoms with Crippen LogP contribution in [0.15, 0.2) is 11.2 Å². The summed E-state index contributed by atoms with van der Waals surface area (Å²) in [7, 11) is 0. The highest BCUT2D eigenvalue weighted by molar-refractivity contribution is 7.99. The molecule has 0 fully saturated rings. The van der Waals surface area contributed by atoms with Gasteiger partial charge < -0.3 is 21.5 Å². The fourth-order valence-electron chi connectivity index (χ4n) is 3.21. The first kappa shape index (κ1) is 21.4. The first-order chi connectivity index (χ1) is 13.9. The highest BCUT2D eigenvalue weighted by Gasteiger charge is 2.29. The molecular formula is C19H25N5O3S2. The van der Waals surface area contributed by atoms with Crippen molar-refractivity contribution in [3.8, 4) is 0 Å². The molecule has 0 aliphatic heterocycles. The van der Waals surface area contributed by atoms with Gasteiger partial charge in [0.1, 0.15) is 16.6 Å². The van der Waals surface area contributed by atoms with Crippen LogP contribution >= 0.6 is 23.1 Å². The Morgan fingerprint density at radius 3 is 2.76 bits per heavy atom. The molecule has 1 aliphatic carbocycles. The van der Waals surface area contributed by atoms with Gasteiger partial charge >= 0.3 is 5.97 Å². The average molecular weight is 436 g/mol. The van der Waals surface area contributed by atoms with E-state index in [0.29, 0.717) is 45.6 Å². The molecule has 2 aromatic heterocycles. The predicted octanol–water partition coefficient (Wildman–Crippen LogP) is 3.12. The van der Waals surface area contributed by atoms with Crippen molar-refractivity contribution in [2.75, 3.05) is 29.1 Å². The van der Waals surface area contributed by atoms with Crippen LogP contribution < -0.4 is 16.8 Å². The van der Waals surface area contributed by atoms with Gasteiger partial charge in [0, 0.05) is 23.1 Å². The number of anilines is 3. The second-order valence-electron chi connectivity index (χ2n) is 6.92. The van der Waals surface area contributed by atoms with Crippen LogP contribution in [-0.2, 0) is 22.4 Å². The molecule has 1 amide bonds. The van der Waals surface area contributed by atoms with Crippen LogP contribution in [0.1, 0.15) is 47.5 Å². The van der Waals surface area contributed by atoms with Gasteiger partial charge in [0.05, 0.1) is 12.2 Å². The zero-order chi connectivity index (χ0) is 21.0. The Balaban J connectivity index is 1.67. The number of esters is 1. The van der Waals surface area contributed by atoms with E-state index in [-0.39, 0.29) is 18.3 Å². The number of carbonyl (C=O) groups excluding carboxylic acids is 2. The molecule has 156 valence electrons. The number of nitrogens with one attached hydrogen (secondary N) is 1. The molecule has 10 heteroatoms. The monoisotopic (exact) mass is 435 g/mol. The van der Waals surface area contributed by atoms with Crippen LogP contribution in [0.5, 0.6) is 0 Å². The number of nitrogen functional groups attached to an aromatic ring is 2. The minimum atomic E-state index is -0.368. The standard InChI is InChI=1S/C19H25N5O3S2/c1-3-27-18(26)16-11-5-4-10(2)8-12(11)29-17(16)24-15(25)6-7-28-19-22-13(20)9-14(21)23-19/h9-10H,3-8H2,1-2H3,(H,24,25)(H4,20,21,22,23). The lowest BCUT2D eigenvalue weighted by molar-refractivity contribution is -0.115. The summed E-state index contributed by atoms with van der Waals surface area (Å²) >= 11 is 2.79. The summed E-state index contributed by atoms with van der Waals surface area (Å²) in [5.41, 5.74) is 12.9. The third-order valence-electron chi connectivity index (χ3n) is 4.55. The number of amides is 1. The van der Waals surface area contributed by atoms with Gasteiger partial charge in [-0.1, -0.05) is 18.7 Å². The van der Waals surface area contributed by atoms with Crippen molar-refractivity contribution in [2.45, 2.75) is 44.7 Å². The maximum Gasteiger partial charge on any atom is 0.341 e. The van der Waals surface area contributed by atoms with E-state index in [1.807, 2.05) is 0 Å². The lowest BCUT2D eigenvalue weighted by atomic mass is 9.88. The molecule has 0 saturated heterocycles. The number of thioether (sulfide) groups is 1. The Labute approximate surface area is 177 Å². The summed E-state index contributed by atoms with van der Waals surface area (Å²) in [6, 6.07) is 1.48. The van der Waals surface area contributed by atoms with Crippen molar-refractivity contribution in [2.24, 2.45) is 5.92 Å². The third-order valence-corrected chi connectivity index (χ3v) is 6.57. The molecule has 29 heavy (non-hydrogen) atoms. The number of hydrogen-bond donors (Lipinski definition) is 3. The van der Waals surface area contributed by atoms with Crippen molar-refractivity contribution in [1.29, 1.82) is 0 Å². The van der Waals surface area contributed by atoms with Crippen molar-refractivity contribution < 1.29 is 14.3 Å². The van der Waals surface area contributed by atoms with Gasteiger partial charge in [-0.3, -0.25) is 4.79 Å². The Morgan fingerprint density at radius 2 is 2.07 bits per heavy atom. The fourth-order valence-corrected chi connectivity index (χ4v) is 5.43. The molecule has 1 atom stereocenters. The molecule has 0 aromatic carbocycles. The molecule has 5 N–H and O–H groups in total. The van der Waals surface area contributed by atoms with E-state index in [1.165, 1.54) is 34.0 Å². The molecule has 2 heterocycles. The number of ether oxygens (including phenoxy) is 1. The Bertz CT molecular complexity index is 895. The van der Waals surface area contributed by atoms with E-state index < -0.39 is 0 Å². The van der Waals surface area contributed by atoms with E-state index in [1.54, 1.807) is 6.92 Å². The van der Waals surface area contributed by atoms with Gasteiger partial charge in [0.25, 0.3) is 0 Å². The maximum atomic E-state index is 12.5. The number of nitrogens with zero attached hydrogens (tertiary/aromatic N) is 2. The molecule has 8 nitrogen and oxygen atoms in total. The van der Waals surface area contributed by atoms with E-state index in [4.69, 9.17) is 16.2 Å². The van der Waals surface area contributed by atoms with Crippen LogP contribution in [0.3, 0.4) is 0 Å². The number of carbonyl (C=O) groups is 2. The fraction of sp³-hybridized carbons (Fsp3) is 0.474. The highest BCUT2D eigenvalue weighted by atomic mass is 32.2. The van der Waals surface area contributed by atoms with Crippen LogP contribution in [0.2, 0.25) is 0 Å². The lowest BCUT2D eigenvalue weighted by Crippen LogP contribution is -2.17. The highest BCUT2D eigenvalue weighted by Crippen LogP contribution is 2.40. The Hall–Kier alpha value is -2.33. The number of hydrogen-bond acceptors (Lipinski definition) is 9. The number of thiophene rings is 1. The summed E-state index contributed by atoms with van der Waals surface area (Å²) in [4.78, 5) is 34.3. The smallest absolute Gasteiger partial charge is 0.341 e. The summed E-state index contributed by atoms with van der Waals surface area (Å²) in [5, 5.41) is 3.92. The topological polar surface area (TPSA) is 133 Å². The largest absolute Gasteiger partial charge is 0.462 e. The van der Waals surface area contributed by atoms with E-state index in [0.717, 1.165) is 24.8 Å². The van der Waals surface area contributed by atoms with E-state index in [2.05, 4.69) is 22.2 Å². The van der Waals surface area contributed by atoms with Crippen molar-refractivity contribution >= 4 is 51.6 Å². The average Bonchev–Trinajstić information content (AvgIpc) is 2.97. The summed E-state index contributed by atoms with van der Waals surface area (Å²) in [6.07, 6.45) is 3.03. The minimum Gasteiger partial charge on any atom is -0.462 e. The number of nitrogens with two attached hydrogens (primary N) is 2. The van der Waals surface area contributed by atoms with Gasteiger partial charge in [-0.15, -0.1) is 11.3 Å². The number of aromatic nitrogens is 2. The second-order valence-corrected chi connectivity index (χ2v) is 9.09. The Kier molecular flexibility index (Phi) is 6.96. The summed E-state index contributed by atoms with van der Waals surface area (Å²) in [6.45, 7) is 4.28. The summed E-state index contributed by atoms with van der Waals surface area (Å²) < 4.78 is 5.23. The van der Waals surface area contributed by atoms with Crippen molar-refractivity contribution in [3.05, 3.63) is 22.1 Å². The molecular weight excluding hydrogens is 410 g/mol. The van der Waals surface area contributed by atoms with Gasteiger partial charge in [-0.25, -0.2) is 14.8 Å². The van der Waals surface area contributed by atoms with E-state index in [9.17, 15) is 9.59 Å². The third kappa shape index (κ3) is 5.39. The minimum absolute atomic E-state index is 0.174. The SMILES string of the molecule is CCOC(=O)c1c(NC(=O)CCSc2nc(N)cc(N)n2)sc2c1CCC(C)C2. The van der Waals surface area contributed by atoms with Crippen molar-refractivity contribution in [1.82, 2.24) is 9.97 Å². The van der Waals surface area contributed by atoms with Crippen LogP contribution in [0.25, 0.3) is 0 Å². The molecule has 0 radical (unpaired) electrons. The quantitative estimate of drug-likeness (QED) is 0.343. The molecule has 1 unspecified atom stereocenters. The molecule has 2 aromatic rings. The van der Waals surface area contributed by atoms with Crippen molar-refractivity contribution in [3.63, 3.8) is 0 Å². The van der Waals surface area contributed by atoms with Crippen LogP contribution in [0.4, 0.5) is 16.6 Å². The second kappa shape index (κ2) is 9.45. The molecule has 0 bridgehead atoms. The van der Waals surface area contributed by atoms with Gasteiger partial charge in [-0.2, -0.15) is 0 Å². The normalized spacial score (nSPS) is 15.6. The maximum absolute atomic E-state index is 12.5. The molecule has 0 spiro atoms. The van der Waals surface area contributed by atoms with Gasteiger partial charge in [0.2, 0.25) is 5.91 Å². The number of rotatable bonds is 7. The van der Waals surface area contributed by atoms with Gasteiger partial charge in [0.15, 0.2) is 5.16 Å². The first-order valence-electron chi connectivity index (χ1n) is 9.51. The zero-order valence-electron chi connectivity index (χ0n) is 16.5. The summed E-state index contributed by atoms with van der Waals surface area (Å²) in [5.74, 6) is 1.08. The van der Waals surface area contributed by atoms with Crippen LogP contribution in [-0.4, -0.2) is 34.2 Å². The predicted molar refractivity (Wildman–Crippen MR) is 116 cm³/mol. The molecule has 3 rings (SSSR count). The molecule has 0 saturated carbocycles. The Morgan fingerprint density at radius 1 is 1.34 bits per heavy atom. The molecule has 1 aliphatic rings. The number of fused-ring (bicyclic) bond motifs is 1. The zero-order valence-corrected chi connectivity index (χ0v) is 18.1. The van der Waals surface area contributed by atoms with E-state index >= 15 is 0 Å². The van der Waals surface area contributed by atoms with Gasteiger partial charge in [-0.05, 0) is 37.7 Å². The first-order valence-corrected chi connectivity index (χ1v) is 11.3.